The highest BCUT2D eigenvalue weighted by Crippen LogP contribution is 2.39. The van der Waals surface area contributed by atoms with Crippen LogP contribution < -0.4 is 5.32 Å². The summed E-state index contributed by atoms with van der Waals surface area (Å²) in [6.07, 6.45) is 6.42. The highest BCUT2D eigenvalue weighted by Gasteiger charge is 2.29. The summed E-state index contributed by atoms with van der Waals surface area (Å²) in [6.45, 7) is 0. The predicted molar refractivity (Wildman–Crippen MR) is 102 cm³/mol. The molecule has 0 aliphatic heterocycles. The summed E-state index contributed by atoms with van der Waals surface area (Å²) in [5.74, 6) is -1.12. The van der Waals surface area contributed by atoms with Crippen LogP contribution in [-0.4, -0.2) is 32.0 Å². The molecule has 6 nitrogen and oxygen atoms in total. The van der Waals surface area contributed by atoms with Crippen molar-refractivity contribution in [1.29, 1.82) is 0 Å². The quantitative estimate of drug-likeness (QED) is 0.571. The number of fused-ring (bicyclic) bond motifs is 2. The second kappa shape index (κ2) is 6.20. The van der Waals surface area contributed by atoms with Crippen molar-refractivity contribution in [3.63, 3.8) is 0 Å². The molecule has 2 N–H and O–H groups in total. The van der Waals surface area contributed by atoms with Crippen LogP contribution in [0.15, 0.2) is 30.7 Å². The number of rotatable bonds is 3. The molecule has 1 aromatic carbocycles. The van der Waals surface area contributed by atoms with Crippen molar-refractivity contribution in [2.24, 2.45) is 7.05 Å². The van der Waals surface area contributed by atoms with E-state index in [0.29, 0.717) is 28.8 Å². The van der Waals surface area contributed by atoms with Crippen molar-refractivity contribution in [3.05, 3.63) is 53.5 Å². The second-order valence-electron chi connectivity index (χ2n) is 7.09. The zero-order valence-corrected chi connectivity index (χ0v) is 15.4. The monoisotopic (exact) mass is 380 g/mol. The number of hydrogen-bond acceptors (Lipinski definition) is 4. The smallest absolute Gasteiger partial charge is 0.139 e. The van der Waals surface area contributed by atoms with Crippen LogP contribution >= 0.6 is 0 Å². The Bertz CT molecular complexity index is 1210. The van der Waals surface area contributed by atoms with Gasteiger partial charge in [0.25, 0.3) is 0 Å². The highest BCUT2D eigenvalue weighted by molar-refractivity contribution is 5.94. The van der Waals surface area contributed by atoms with Crippen molar-refractivity contribution >= 4 is 10.9 Å². The van der Waals surface area contributed by atoms with Crippen molar-refractivity contribution in [1.82, 2.24) is 30.3 Å². The largest absolute Gasteiger partial charge is 0.313 e. The summed E-state index contributed by atoms with van der Waals surface area (Å²) in [5, 5.41) is 15.3. The molecule has 28 heavy (non-hydrogen) atoms. The van der Waals surface area contributed by atoms with E-state index < -0.39 is 11.6 Å². The molecule has 0 saturated carbocycles. The van der Waals surface area contributed by atoms with Gasteiger partial charge in [0.15, 0.2) is 0 Å². The Labute approximate surface area is 159 Å². The Hall–Kier alpha value is -3.13. The van der Waals surface area contributed by atoms with Crippen LogP contribution in [0.3, 0.4) is 0 Å². The lowest BCUT2D eigenvalue weighted by atomic mass is 9.99. The number of pyridine rings is 1. The van der Waals surface area contributed by atoms with Crippen LogP contribution in [0.2, 0.25) is 0 Å². The molecule has 0 bridgehead atoms. The fourth-order valence-corrected chi connectivity index (χ4v) is 4.04. The Kier molecular flexibility index (Phi) is 3.77. The van der Waals surface area contributed by atoms with Gasteiger partial charge in [-0.2, -0.15) is 10.2 Å². The number of aryl methyl sites for hydroxylation is 1. The molecule has 5 rings (SSSR count). The van der Waals surface area contributed by atoms with E-state index in [9.17, 15) is 4.39 Å². The number of hydrogen-bond donors (Lipinski definition) is 2. The van der Waals surface area contributed by atoms with E-state index in [2.05, 4.69) is 25.6 Å². The lowest BCUT2D eigenvalue weighted by molar-refractivity contribution is 0.573. The van der Waals surface area contributed by atoms with E-state index in [1.165, 1.54) is 6.07 Å². The number of nitrogens with zero attached hydrogens (tertiary/aromatic N) is 4. The molecule has 0 radical (unpaired) electrons. The summed E-state index contributed by atoms with van der Waals surface area (Å²) in [4.78, 5) is 4.29. The minimum Gasteiger partial charge on any atom is -0.313 e. The van der Waals surface area contributed by atoms with Gasteiger partial charge in [-0.15, -0.1) is 0 Å². The third-order valence-electron chi connectivity index (χ3n) is 5.44. The van der Waals surface area contributed by atoms with Gasteiger partial charge in [0.05, 0.1) is 29.2 Å². The van der Waals surface area contributed by atoms with E-state index in [1.54, 1.807) is 30.2 Å². The molecule has 1 unspecified atom stereocenters. The molecule has 0 saturated heterocycles. The SMILES string of the molecule is CNC1CCc2c1cc(F)c(-c1cc3c(-c4cnn(C)c4)n[nH]c3cn1)c2F. The van der Waals surface area contributed by atoms with Crippen LogP contribution in [0.4, 0.5) is 8.78 Å². The number of nitrogens with one attached hydrogen (secondary N) is 2. The fourth-order valence-electron chi connectivity index (χ4n) is 4.04. The first-order chi connectivity index (χ1) is 13.6. The van der Waals surface area contributed by atoms with E-state index >= 15 is 4.39 Å². The van der Waals surface area contributed by atoms with Gasteiger partial charge >= 0.3 is 0 Å². The molecule has 1 atom stereocenters. The minimum absolute atomic E-state index is 0.0189. The van der Waals surface area contributed by atoms with Crippen molar-refractivity contribution in [3.8, 4) is 22.5 Å². The normalized spacial score (nSPS) is 16.1. The van der Waals surface area contributed by atoms with Gasteiger partial charge in [0.2, 0.25) is 0 Å². The Morgan fingerprint density at radius 2 is 2.11 bits per heavy atom. The molecule has 8 heteroatoms. The van der Waals surface area contributed by atoms with Crippen LogP contribution in [0, 0.1) is 11.6 Å². The molecular formula is C20H18F2N6. The van der Waals surface area contributed by atoms with E-state index in [1.807, 2.05) is 13.2 Å². The maximum Gasteiger partial charge on any atom is 0.139 e. The van der Waals surface area contributed by atoms with Gasteiger partial charge in [-0.05, 0) is 43.1 Å². The summed E-state index contributed by atoms with van der Waals surface area (Å²) in [5.41, 5.74) is 3.61. The van der Waals surface area contributed by atoms with Crippen LogP contribution in [0.25, 0.3) is 33.4 Å². The predicted octanol–water partition coefficient (Wildman–Crippen LogP) is 3.51. The molecule has 0 spiro atoms. The van der Waals surface area contributed by atoms with E-state index in [0.717, 1.165) is 17.4 Å². The van der Waals surface area contributed by atoms with Gasteiger partial charge in [-0.25, -0.2) is 8.78 Å². The maximum absolute atomic E-state index is 15.2. The number of halogens is 2. The summed E-state index contributed by atoms with van der Waals surface area (Å²) in [7, 11) is 3.62. The first kappa shape index (κ1) is 17.0. The number of benzene rings is 1. The lowest BCUT2D eigenvalue weighted by Crippen LogP contribution is -2.13. The first-order valence-corrected chi connectivity index (χ1v) is 9.08. The van der Waals surface area contributed by atoms with Crippen molar-refractivity contribution < 1.29 is 8.78 Å². The molecule has 1 aliphatic rings. The van der Waals surface area contributed by atoms with Crippen molar-refractivity contribution in [2.45, 2.75) is 18.9 Å². The van der Waals surface area contributed by atoms with Crippen LogP contribution in [0.5, 0.6) is 0 Å². The van der Waals surface area contributed by atoms with E-state index in [-0.39, 0.29) is 17.3 Å². The average molecular weight is 380 g/mol. The Morgan fingerprint density at radius 3 is 2.86 bits per heavy atom. The summed E-state index contributed by atoms with van der Waals surface area (Å²) >= 11 is 0. The van der Waals surface area contributed by atoms with Crippen molar-refractivity contribution in [2.75, 3.05) is 7.05 Å². The average Bonchev–Trinajstić information content (AvgIpc) is 3.39. The summed E-state index contributed by atoms with van der Waals surface area (Å²) in [6, 6.07) is 3.10. The van der Waals surface area contributed by atoms with E-state index in [4.69, 9.17) is 0 Å². The number of H-pyrrole nitrogens is 1. The second-order valence-corrected chi connectivity index (χ2v) is 7.09. The van der Waals surface area contributed by atoms with Gasteiger partial charge in [-0.1, -0.05) is 0 Å². The summed E-state index contributed by atoms with van der Waals surface area (Å²) < 4.78 is 31.8. The van der Waals surface area contributed by atoms with Gasteiger partial charge < -0.3 is 5.32 Å². The van der Waals surface area contributed by atoms with Crippen LogP contribution in [0.1, 0.15) is 23.6 Å². The minimum atomic E-state index is -0.600. The topological polar surface area (TPSA) is 71.4 Å². The number of aromatic amines is 1. The fraction of sp³-hybridized carbons (Fsp3) is 0.250. The molecule has 142 valence electrons. The Morgan fingerprint density at radius 1 is 1.25 bits per heavy atom. The molecular weight excluding hydrogens is 362 g/mol. The zero-order valence-electron chi connectivity index (χ0n) is 15.4. The lowest BCUT2D eigenvalue weighted by Gasteiger charge is -2.13. The van der Waals surface area contributed by atoms with Gasteiger partial charge in [-0.3, -0.25) is 14.8 Å². The van der Waals surface area contributed by atoms with Gasteiger partial charge in [0.1, 0.15) is 17.3 Å². The van der Waals surface area contributed by atoms with Crippen LogP contribution in [-0.2, 0) is 13.5 Å². The first-order valence-electron chi connectivity index (χ1n) is 9.08. The van der Waals surface area contributed by atoms with Gasteiger partial charge in [0, 0.05) is 30.2 Å². The molecule has 0 amide bonds. The standard InChI is InChI=1S/C20H18F2N6/c1-23-15-4-3-11-12(15)5-14(21)18(19(11)22)16-6-13-17(8-24-16)26-27-20(13)10-7-25-28(2)9-10/h5-9,15,23H,3-4H2,1-2H3,(H,26,27). The molecule has 0 fully saturated rings. The third-order valence-corrected chi connectivity index (χ3v) is 5.44. The molecule has 3 heterocycles. The molecule has 4 aromatic rings. The molecule has 1 aliphatic carbocycles. The molecule has 3 aromatic heterocycles. The maximum atomic E-state index is 15.2. The number of aromatic nitrogens is 5. The Balaban J connectivity index is 1.68. The zero-order chi connectivity index (χ0) is 19.4. The third kappa shape index (κ3) is 2.45. The highest BCUT2D eigenvalue weighted by atomic mass is 19.1.